The van der Waals surface area contributed by atoms with Crippen molar-refractivity contribution in [3.63, 3.8) is 0 Å². The third-order valence-electron chi connectivity index (χ3n) is 4.83. The summed E-state index contributed by atoms with van der Waals surface area (Å²) in [5, 5.41) is 2.90. The average Bonchev–Trinajstić information content (AvgIpc) is 3.17. The Morgan fingerprint density at radius 3 is 2.63 bits per heavy atom. The first-order valence-electron chi connectivity index (χ1n) is 8.73. The normalized spacial score (nSPS) is 15.8. The van der Waals surface area contributed by atoms with Crippen molar-refractivity contribution in [1.29, 1.82) is 0 Å². The van der Waals surface area contributed by atoms with E-state index in [9.17, 15) is 9.59 Å². The van der Waals surface area contributed by atoms with Gasteiger partial charge in [0.05, 0.1) is 23.9 Å². The molecule has 2 aromatic heterocycles. The summed E-state index contributed by atoms with van der Waals surface area (Å²) in [6, 6.07) is 12.9. The van der Waals surface area contributed by atoms with Crippen LogP contribution in [-0.2, 0) is 4.74 Å². The average molecular weight is 361 g/mol. The second kappa shape index (κ2) is 6.72. The van der Waals surface area contributed by atoms with Gasteiger partial charge in [-0.15, -0.1) is 0 Å². The van der Waals surface area contributed by atoms with Gasteiger partial charge < -0.3 is 15.0 Å². The summed E-state index contributed by atoms with van der Waals surface area (Å²) in [4.78, 5) is 31.5. The molecule has 0 fully saturated rings. The van der Waals surface area contributed by atoms with Crippen molar-refractivity contribution in [2.45, 2.75) is 12.8 Å². The molecule has 0 saturated carbocycles. The number of aromatic nitrogens is 2. The van der Waals surface area contributed by atoms with Gasteiger partial charge in [0.1, 0.15) is 0 Å². The Balaban J connectivity index is 1.68. The predicted octanol–water partition coefficient (Wildman–Crippen LogP) is 3.38. The highest BCUT2D eigenvalue weighted by atomic mass is 16.5. The van der Waals surface area contributed by atoms with Gasteiger partial charge in [-0.1, -0.05) is 19.1 Å². The summed E-state index contributed by atoms with van der Waals surface area (Å²) in [5.41, 5.74) is 5.68. The zero-order chi connectivity index (χ0) is 19.0. The Hall–Kier alpha value is -3.41. The number of benzene rings is 1. The van der Waals surface area contributed by atoms with E-state index in [0.29, 0.717) is 17.7 Å². The first-order chi connectivity index (χ1) is 13.1. The number of aromatic amines is 1. The number of hydrogen-bond donors (Lipinski definition) is 2. The van der Waals surface area contributed by atoms with E-state index < -0.39 is 0 Å². The number of amides is 1. The second-order valence-corrected chi connectivity index (χ2v) is 6.62. The summed E-state index contributed by atoms with van der Waals surface area (Å²) in [6.07, 6.45) is 1.74. The van der Waals surface area contributed by atoms with E-state index in [0.717, 1.165) is 28.2 Å². The van der Waals surface area contributed by atoms with Crippen molar-refractivity contribution >= 4 is 11.9 Å². The van der Waals surface area contributed by atoms with Crippen molar-refractivity contribution in [2.75, 3.05) is 13.7 Å². The van der Waals surface area contributed by atoms with Crippen LogP contribution in [0.25, 0.3) is 22.5 Å². The quantitative estimate of drug-likeness (QED) is 0.701. The Morgan fingerprint density at radius 2 is 1.93 bits per heavy atom. The third kappa shape index (κ3) is 3.10. The molecule has 0 aliphatic carbocycles. The fraction of sp³-hybridized carbons (Fsp3) is 0.190. The van der Waals surface area contributed by atoms with Crippen LogP contribution in [-0.4, -0.2) is 35.5 Å². The molecule has 6 nitrogen and oxygen atoms in total. The molecular formula is C21H19N3O3. The Morgan fingerprint density at radius 1 is 1.15 bits per heavy atom. The first kappa shape index (κ1) is 17.0. The number of nitrogens with zero attached hydrogens (tertiary/aromatic N) is 1. The molecule has 1 aliphatic heterocycles. The van der Waals surface area contributed by atoms with Crippen LogP contribution in [0.3, 0.4) is 0 Å². The van der Waals surface area contributed by atoms with Gasteiger partial charge in [0.25, 0.3) is 5.91 Å². The van der Waals surface area contributed by atoms with E-state index in [2.05, 4.69) is 22.2 Å². The number of carbonyl (C=O) groups is 2. The van der Waals surface area contributed by atoms with Crippen molar-refractivity contribution in [3.8, 4) is 22.5 Å². The lowest BCUT2D eigenvalue weighted by molar-refractivity contribution is 0.0600. The lowest BCUT2D eigenvalue weighted by atomic mass is 9.99. The molecule has 27 heavy (non-hydrogen) atoms. The van der Waals surface area contributed by atoms with Crippen molar-refractivity contribution in [1.82, 2.24) is 15.3 Å². The summed E-state index contributed by atoms with van der Waals surface area (Å²) in [6.45, 7) is 2.72. The summed E-state index contributed by atoms with van der Waals surface area (Å²) < 4.78 is 4.72. The Labute approximate surface area is 156 Å². The number of pyridine rings is 1. The standard InChI is InChI=1S/C21H19N3O3/c1-12-11-23-20(25)16-10-18(24-19(12)16)15-7-8-22-17(9-15)13-3-5-14(6-4-13)21(26)27-2/h3-10,12,24H,11H2,1-2H3,(H,23,25). The zero-order valence-corrected chi connectivity index (χ0v) is 15.1. The highest BCUT2D eigenvalue weighted by Crippen LogP contribution is 2.30. The molecule has 136 valence electrons. The lowest BCUT2D eigenvalue weighted by Gasteiger charge is -2.18. The van der Waals surface area contributed by atoms with Gasteiger partial charge >= 0.3 is 5.97 Å². The van der Waals surface area contributed by atoms with E-state index in [4.69, 9.17) is 4.74 Å². The molecule has 3 heterocycles. The number of esters is 1. The van der Waals surface area contributed by atoms with E-state index in [1.54, 1.807) is 18.3 Å². The van der Waals surface area contributed by atoms with Crippen molar-refractivity contribution in [2.24, 2.45) is 0 Å². The molecule has 1 aliphatic rings. The van der Waals surface area contributed by atoms with Crippen molar-refractivity contribution < 1.29 is 14.3 Å². The Bertz CT molecular complexity index is 1020. The van der Waals surface area contributed by atoms with Crippen LogP contribution in [0.15, 0.2) is 48.7 Å². The van der Waals surface area contributed by atoms with Crippen LogP contribution in [0.1, 0.15) is 39.3 Å². The number of methoxy groups -OCH3 is 1. The molecule has 1 unspecified atom stereocenters. The number of carbonyl (C=O) groups excluding carboxylic acids is 2. The fourth-order valence-electron chi connectivity index (χ4n) is 3.30. The van der Waals surface area contributed by atoms with Gasteiger partial charge in [-0.05, 0) is 30.3 Å². The Kier molecular flexibility index (Phi) is 4.24. The molecule has 6 heteroatoms. The van der Waals surface area contributed by atoms with Gasteiger partial charge in [-0.25, -0.2) is 4.79 Å². The molecule has 2 N–H and O–H groups in total. The monoisotopic (exact) mass is 361 g/mol. The predicted molar refractivity (Wildman–Crippen MR) is 102 cm³/mol. The zero-order valence-electron chi connectivity index (χ0n) is 15.1. The van der Waals surface area contributed by atoms with Crippen LogP contribution >= 0.6 is 0 Å². The van der Waals surface area contributed by atoms with E-state index in [1.807, 2.05) is 30.3 Å². The third-order valence-corrected chi connectivity index (χ3v) is 4.83. The summed E-state index contributed by atoms with van der Waals surface area (Å²) >= 11 is 0. The molecule has 0 saturated heterocycles. The maximum absolute atomic E-state index is 12.1. The molecule has 0 spiro atoms. The molecule has 3 aromatic rings. The van der Waals surface area contributed by atoms with E-state index in [-0.39, 0.29) is 17.8 Å². The molecule has 0 bridgehead atoms. The van der Waals surface area contributed by atoms with E-state index >= 15 is 0 Å². The van der Waals surface area contributed by atoms with Crippen LogP contribution in [0.5, 0.6) is 0 Å². The summed E-state index contributed by atoms with van der Waals surface area (Å²) in [5.74, 6) is -0.162. The molecule has 4 rings (SSSR count). The molecular weight excluding hydrogens is 342 g/mol. The summed E-state index contributed by atoms with van der Waals surface area (Å²) in [7, 11) is 1.36. The van der Waals surface area contributed by atoms with Gasteiger partial charge in [0.2, 0.25) is 0 Å². The number of hydrogen-bond acceptors (Lipinski definition) is 4. The number of H-pyrrole nitrogens is 1. The molecule has 1 atom stereocenters. The SMILES string of the molecule is COC(=O)c1ccc(-c2cc(-c3cc4c([nH]3)C(C)CNC4=O)ccn2)cc1. The number of nitrogens with one attached hydrogen (secondary N) is 2. The molecule has 1 amide bonds. The van der Waals surface area contributed by atoms with Crippen LogP contribution in [0.2, 0.25) is 0 Å². The highest BCUT2D eigenvalue weighted by molar-refractivity contribution is 5.98. The minimum absolute atomic E-state index is 0.0433. The van der Waals surface area contributed by atoms with Gasteiger partial charge in [-0.2, -0.15) is 0 Å². The van der Waals surface area contributed by atoms with Crippen LogP contribution < -0.4 is 5.32 Å². The maximum atomic E-state index is 12.1. The van der Waals surface area contributed by atoms with Gasteiger partial charge in [0, 0.05) is 41.2 Å². The minimum atomic E-state index is -0.368. The maximum Gasteiger partial charge on any atom is 0.337 e. The minimum Gasteiger partial charge on any atom is -0.465 e. The highest BCUT2D eigenvalue weighted by Gasteiger charge is 2.25. The number of ether oxygens (including phenoxy) is 1. The fourth-order valence-corrected chi connectivity index (χ4v) is 3.30. The first-order valence-corrected chi connectivity index (χ1v) is 8.73. The topological polar surface area (TPSA) is 84.1 Å². The van der Waals surface area contributed by atoms with E-state index in [1.165, 1.54) is 7.11 Å². The largest absolute Gasteiger partial charge is 0.465 e. The van der Waals surface area contributed by atoms with Crippen LogP contribution in [0.4, 0.5) is 0 Å². The second-order valence-electron chi connectivity index (χ2n) is 6.62. The number of fused-ring (bicyclic) bond motifs is 1. The lowest BCUT2D eigenvalue weighted by Crippen LogP contribution is -2.33. The number of rotatable bonds is 3. The smallest absolute Gasteiger partial charge is 0.337 e. The van der Waals surface area contributed by atoms with Gasteiger partial charge in [-0.3, -0.25) is 9.78 Å². The van der Waals surface area contributed by atoms with Crippen molar-refractivity contribution in [3.05, 3.63) is 65.5 Å². The molecule has 1 aromatic carbocycles. The van der Waals surface area contributed by atoms with Gasteiger partial charge in [0.15, 0.2) is 0 Å². The molecule has 0 radical (unpaired) electrons. The van der Waals surface area contributed by atoms with Crippen LogP contribution in [0, 0.1) is 0 Å².